The smallest absolute Gasteiger partial charge is 0.00918 e. The SMILES string of the molecule is C=CCCC/C(C)=C(\C/C=C\C)c1c(C)ccc2cc3ccccc3cc12. The Kier molecular flexibility index (Phi) is 6.29. The minimum Gasteiger partial charge on any atom is -0.103 e. The highest BCUT2D eigenvalue weighted by atomic mass is 14.2. The van der Waals surface area contributed by atoms with Crippen LogP contribution in [0.1, 0.15) is 50.7 Å². The fourth-order valence-corrected chi connectivity index (χ4v) is 3.91. The number of benzene rings is 3. The van der Waals surface area contributed by atoms with Gasteiger partial charge in [0.1, 0.15) is 0 Å². The van der Waals surface area contributed by atoms with Crippen molar-refractivity contribution in [1.82, 2.24) is 0 Å². The third kappa shape index (κ3) is 4.22. The molecule has 0 amide bonds. The summed E-state index contributed by atoms with van der Waals surface area (Å²) in [6.45, 7) is 10.5. The summed E-state index contributed by atoms with van der Waals surface area (Å²) in [6, 6.07) is 17.9. The quantitative estimate of drug-likeness (QED) is 0.227. The van der Waals surface area contributed by atoms with E-state index in [1.54, 1.807) is 0 Å². The van der Waals surface area contributed by atoms with Crippen molar-refractivity contribution in [2.45, 2.75) is 46.5 Å². The summed E-state index contributed by atoms with van der Waals surface area (Å²) in [4.78, 5) is 0. The van der Waals surface area contributed by atoms with Crippen LogP contribution in [0.4, 0.5) is 0 Å². The third-order valence-corrected chi connectivity index (χ3v) is 5.43. The molecular formula is C27H30. The van der Waals surface area contributed by atoms with Gasteiger partial charge in [-0.2, -0.15) is 0 Å². The zero-order valence-corrected chi connectivity index (χ0v) is 16.9. The van der Waals surface area contributed by atoms with Crippen LogP contribution >= 0.6 is 0 Å². The number of aryl methyl sites for hydroxylation is 1. The predicted molar refractivity (Wildman–Crippen MR) is 122 cm³/mol. The second-order valence-corrected chi connectivity index (χ2v) is 7.39. The maximum Gasteiger partial charge on any atom is -0.00918 e. The third-order valence-electron chi connectivity index (χ3n) is 5.43. The fourth-order valence-electron chi connectivity index (χ4n) is 3.91. The molecule has 0 nitrogen and oxygen atoms in total. The van der Waals surface area contributed by atoms with E-state index in [9.17, 15) is 0 Å². The van der Waals surface area contributed by atoms with Crippen LogP contribution in [-0.2, 0) is 0 Å². The van der Waals surface area contributed by atoms with Crippen molar-refractivity contribution < 1.29 is 0 Å². The summed E-state index contributed by atoms with van der Waals surface area (Å²) in [5, 5.41) is 5.32. The van der Waals surface area contributed by atoms with Gasteiger partial charge in [-0.3, -0.25) is 0 Å². The summed E-state index contributed by atoms with van der Waals surface area (Å²) >= 11 is 0. The van der Waals surface area contributed by atoms with Gasteiger partial charge in [-0.15, -0.1) is 6.58 Å². The summed E-state index contributed by atoms with van der Waals surface area (Å²) < 4.78 is 0. The van der Waals surface area contributed by atoms with E-state index >= 15 is 0 Å². The molecule has 0 aliphatic heterocycles. The molecule has 3 rings (SSSR count). The lowest BCUT2D eigenvalue weighted by atomic mass is 9.87. The number of rotatable bonds is 7. The molecule has 3 aromatic rings. The van der Waals surface area contributed by atoms with Crippen LogP contribution in [0.25, 0.3) is 27.1 Å². The molecule has 3 aromatic carbocycles. The summed E-state index contributed by atoms with van der Waals surface area (Å²) in [6.07, 6.45) is 10.8. The van der Waals surface area contributed by atoms with Crippen LogP contribution in [0.5, 0.6) is 0 Å². The molecule has 0 heterocycles. The van der Waals surface area contributed by atoms with E-state index in [0.717, 1.165) is 19.3 Å². The molecular weight excluding hydrogens is 324 g/mol. The molecule has 138 valence electrons. The number of hydrogen-bond acceptors (Lipinski definition) is 0. The Bertz CT molecular complexity index is 1010. The Labute approximate surface area is 163 Å². The van der Waals surface area contributed by atoms with Crippen LogP contribution in [-0.4, -0.2) is 0 Å². The molecule has 0 aromatic heterocycles. The van der Waals surface area contributed by atoms with Crippen molar-refractivity contribution >= 4 is 27.1 Å². The topological polar surface area (TPSA) is 0 Å². The van der Waals surface area contributed by atoms with Crippen molar-refractivity contribution in [3.05, 3.63) is 90.0 Å². The fraction of sp³-hybridized carbons (Fsp3) is 0.259. The number of unbranched alkanes of at least 4 members (excludes halogenated alkanes) is 1. The van der Waals surface area contributed by atoms with Crippen molar-refractivity contribution in [3.8, 4) is 0 Å². The first-order valence-corrected chi connectivity index (χ1v) is 9.99. The molecule has 27 heavy (non-hydrogen) atoms. The van der Waals surface area contributed by atoms with E-state index in [0.29, 0.717) is 0 Å². The van der Waals surface area contributed by atoms with Crippen LogP contribution in [0.3, 0.4) is 0 Å². The number of hydrogen-bond donors (Lipinski definition) is 0. The Morgan fingerprint density at radius 2 is 1.74 bits per heavy atom. The summed E-state index contributed by atoms with van der Waals surface area (Å²) in [5.74, 6) is 0. The van der Waals surface area contributed by atoms with Crippen LogP contribution in [0.15, 0.2) is 78.9 Å². The van der Waals surface area contributed by atoms with Crippen molar-refractivity contribution in [2.24, 2.45) is 0 Å². The van der Waals surface area contributed by atoms with E-state index in [1.165, 1.54) is 50.2 Å². The van der Waals surface area contributed by atoms with Gasteiger partial charge in [0, 0.05) is 0 Å². The number of allylic oxidation sites excluding steroid dienone is 5. The Hall–Kier alpha value is -2.60. The molecule has 0 bridgehead atoms. The van der Waals surface area contributed by atoms with Gasteiger partial charge in [0.25, 0.3) is 0 Å². The average Bonchev–Trinajstić information content (AvgIpc) is 2.68. The van der Waals surface area contributed by atoms with Crippen molar-refractivity contribution in [2.75, 3.05) is 0 Å². The van der Waals surface area contributed by atoms with Crippen LogP contribution in [0, 0.1) is 6.92 Å². The average molecular weight is 355 g/mol. The van der Waals surface area contributed by atoms with Gasteiger partial charge in [0.15, 0.2) is 0 Å². The molecule has 0 saturated heterocycles. The molecule has 0 fully saturated rings. The molecule has 0 saturated carbocycles. The largest absolute Gasteiger partial charge is 0.103 e. The maximum atomic E-state index is 3.87. The first kappa shape index (κ1) is 19.2. The molecule has 0 aliphatic carbocycles. The molecule has 0 aliphatic rings. The molecule has 0 unspecified atom stereocenters. The van der Waals surface area contributed by atoms with Gasteiger partial charge < -0.3 is 0 Å². The van der Waals surface area contributed by atoms with Crippen LogP contribution in [0.2, 0.25) is 0 Å². The molecule has 0 heteroatoms. The van der Waals surface area contributed by atoms with Crippen LogP contribution < -0.4 is 0 Å². The predicted octanol–water partition coefficient (Wildman–Crippen LogP) is 8.40. The van der Waals surface area contributed by atoms with Gasteiger partial charge >= 0.3 is 0 Å². The van der Waals surface area contributed by atoms with Gasteiger partial charge in [-0.25, -0.2) is 0 Å². The normalized spacial score (nSPS) is 12.7. The van der Waals surface area contributed by atoms with E-state index in [1.807, 2.05) is 6.08 Å². The van der Waals surface area contributed by atoms with Crippen molar-refractivity contribution in [1.29, 1.82) is 0 Å². The first-order valence-electron chi connectivity index (χ1n) is 9.99. The minimum atomic E-state index is 0.989. The summed E-state index contributed by atoms with van der Waals surface area (Å²) in [5.41, 5.74) is 5.77. The lowest BCUT2D eigenvalue weighted by Gasteiger charge is -2.17. The second-order valence-electron chi connectivity index (χ2n) is 7.39. The van der Waals surface area contributed by atoms with E-state index in [2.05, 4.69) is 88.0 Å². The molecule has 0 N–H and O–H groups in total. The Morgan fingerprint density at radius 1 is 1.00 bits per heavy atom. The second kappa shape index (κ2) is 8.86. The number of fused-ring (bicyclic) bond motifs is 2. The van der Waals surface area contributed by atoms with Gasteiger partial charge in [-0.1, -0.05) is 60.2 Å². The standard InChI is InChI=1S/C27H30/c1-5-7-9-12-20(3)25(15-8-6-2)27-21(4)16-17-24-18-22-13-10-11-14-23(22)19-26(24)27/h5-6,8,10-11,13-14,16-19H,1,7,9,12,15H2,2-4H3/b8-6-,25-20+. The minimum absolute atomic E-state index is 0.989. The summed E-state index contributed by atoms with van der Waals surface area (Å²) in [7, 11) is 0. The van der Waals surface area contributed by atoms with Gasteiger partial charge in [0.05, 0.1) is 0 Å². The van der Waals surface area contributed by atoms with Gasteiger partial charge in [-0.05, 0) is 96.8 Å². The Balaban J connectivity index is 2.23. The lowest BCUT2D eigenvalue weighted by molar-refractivity contribution is 0.833. The maximum absolute atomic E-state index is 3.87. The monoisotopic (exact) mass is 354 g/mol. The first-order chi connectivity index (χ1) is 13.2. The van der Waals surface area contributed by atoms with E-state index in [4.69, 9.17) is 0 Å². The lowest BCUT2D eigenvalue weighted by Crippen LogP contribution is -1.95. The molecule has 0 spiro atoms. The molecule has 0 radical (unpaired) electrons. The van der Waals surface area contributed by atoms with Crippen molar-refractivity contribution in [3.63, 3.8) is 0 Å². The van der Waals surface area contributed by atoms with E-state index in [-0.39, 0.29) is 0 Å². The highest BCUT2D eigenvalue weighted by molar-refractivity contribution is 6.04. The highest BCUT2D eigenvalue weighted by Gasteiger charge is 2.13. The molecule has 0 atom stereocenters. The van der Waals surface area contributed by atoms with E-state index < -0.39 is 0 Å². The zero-order chi connectivity index (χ0) is 19.2. The van der Waals surface area contributed by atoms with Gasteiger partial charge in [0.2, 0.25) is 0 Å². The highest BCUT2D eigenvalue weighted by Crippen LogP contribution is 2.36. The zero-order valence-electron chi connectivity index (χ0n) is 16.9. The Morgan fingerprint density at radius 3 is 2.44 bits per heavy atom.